The van der Waals surface area contributed by atoms with Crippen LogP contribution in [0.25, 0.3) is 0 Å². The van der Waals surface area contributed by atoms with Gasteiger partial charge in [0.05, 0.1) is 13.0 Å². The molecule has 0 bridgehead atoms. The number of carbonyl (C=O) groups excluding carboxylic acids is 2. The van der Waals surface area contributed by atoms with Crippen molar-refractivity contribution in [2.24, 2.45) is 5.92 Å². The summed E-state index contributed by atoms with van der Waals surface area (Å²) in [5.41, 5.74) is 0. The molecule has 0 N–H and O–H groups in total. The second-order valence-corrected chi connectivity index (χ2v) is 5.43. The molecule has 0 aromatic carbocycles. The zero-order valence-corrected chi connectivity index (χ0v) is 13.6. The molecule has 1 amide bonds. The van der Waals surface area contributed by atoms with E-state index in [1.807, 2.05) is 11.8 Å². The molecule has 118 valence electrons. The van der Waals surface area contributed by atoms with Crippen molar-refractivity contribution in [2.75, 3.05) is 20.2 Å². The Labute approximate surface area is 123 Å². The number of ether oxygens (including phenoxy) is 1. The highest BCUT2D eigenvalue weighted by Gasteiger charge is 2.20. The minimum atomic E-state index is -0.253. The largest absolute Gasteiger partial charge is 0.469 e. The van der Waals surface area contributed by atoms with Crippen molar-refractivity contribution in [2.45, 2.75) is 65.7 Å². The summed E-state index contributed by atoms with van der Waals surface area (Å²) < 4.78 is 4.74. The first-order valence-electron chi connectivity index (χ1n) is 7.92. The summed E-state index contributed by atoms with van der Waals surface area (Å²) in [6.07, 6.45) is 7.04. The SMILES string of the molecule is CCCCCCN(CC(C)C(=O)OC)C(=O)CCCC. The molecular formula is C16H31NO3. The van der Waals surface area contributed by atoms with Gasteiger partial charge >= 0.3 is 5.97 Å². The molecule has 4 heteroatoms. The standard InChI is InChI=1S/C16H31NO3/c1-5-7-9-10-12-17(15(18)11-8-6-2)13-14(3)16(19)20-4/h14H,5-13H2,1-4H3. The molecule has 0 aliphatic heterocycles. The van der Waals surface area contributed by atoms with E-state index in [0.717, 1.165) is 32.2 Å². The van der Waals surface area contributed by atoms with E-state index in [9.17, 15) is 9.59 Å². The number of unbranched alkanes of at least 4 members (excludes halogenated alkanes) is 4. The zero-order chi connectivity index (χ0) is 15.4. The Morgan fingerprint density at radius 2 is 1.70 bits per heavy atom. The van der Waals surface area contributed by atoms with E-state index >= 15 is 0 Å². The van der Waals surface area contributed by atoms with E-state index in [-0.39, 0.29) is 17.8 Å². The van der Waals surface area contributed by atoms with E-state index in [4.69, 9.17) is 4.74 Å². The maximum atomic E-state index is 12.2. The number of nitrogens with zero attached hydrogens (tertiary/aromatic N) is 1. The van der Waals surface area contributed by atoms with E-state index in [1.54, 1.807) is 0 Å². The maximum Gasteiger partial charge on any atom is 0.310 e. The molecule has 1 unspecified atom stereocenters. The van der Waals surface area contributed by atoms with E-state index in [1.165, 1.54) is 20.0 Å². The van der Waals surface area contributed by atoms with Crippen LogP contribution in [0.4, 0.5) is 0 Å². The number of hydrogen-bond acceptors (Lipinski definition) is 3. The highest BCUT2D eigenvalue weighted by atomic mass is 16.5. The number of rotatable bonds is 11. The third-order valence-corrected chi connectivity index (χ3v) is 3.48. The fourth-order valence-corrected chi connectivity index (χ4v) is 2.14. The molecule has 0 heterocycles. The lowest BCUT2D eigenvalue weighted by molar-refractivity contribution is -0.146. The third-order valence-electron chi connectivity index (χ3n) is 3.48. The van der Waals surface area contributed by atoms with E-state index in [2.05, 4.69) is 13.8 Å². The summed E-state index contributed by atoms with van der Waals surface area (Å²) in [5.74, 6) is -0.331. The van der Waals surface area contributed by atoms with Crippen molar-refractivity contribution in [1.29, 1.82) is 0 Å². The molecule has 0 aliphatic rings. The van der Waals surface area contributed by atoms with Crippen molar-refractivity contribution in [3.63, 3.8) is 0 Å². The number of hydrogen-bond donors (Lipinski definition) is 0. The Balaban J connectivity index is 4.36. The Kier molecular flexibility index (Phi) is 11.1. The van der Waals surface area contributed by atoms with Gasteiger partial charge in [0.1, 0.15) is 0 Å². The molecule has 0 saturated heterocycles. The van der Waals surface area contributed by atoms with Gasteiger partial charge in [0.25, 0.3) is 0 Å². The van der Waals surface area contributed by atoms with Crippen molar-refractivity contribution in [1.82, 2.24) is 4.90 Å². The lowest BCUT2D eigenvalue weighted by Crippen LogP contribution is -2.37. The predicted octanol–water partition coefficient (Wildman–Crippen LogP) is 3.39. The minimum Gasteiger partial charge on any atom is -0.469 e. The summed E-state index contributed by atoms with van der Waals surface area (Å²) >= 11 is 0. The summed E-state index contributed by atoms with van der Waals surface area (Å²) in [5, 5.41) is 0. The first-order valence-corrected chi connectivity index (χ1v) is 7.92. The van der Waals surface area contributed by atoms with Crippen LogP contribution in [0.3, 0.4) is 0 Å². The van der Waals surface area contributed by atoms with Crippen LogP contribution in [-0.2, 0) is 14.3 Å². The molecule has 0 aliphatic carbocycles. The van der Waals surface area contributed by atoms with E-state index in [0.29, 0.717) is 13.0 Å². The minimum absolute atomic E-state index is 0.166. The average Bonchev–Trinajstić information content (AvgIpc) is 2.46. The van der Waals surface area contributed by atoms with E-state index < -0.39 is 0 Å². The van der Waals surface area contributed by atoms with Crippen LogP contribution in [0.1, 0.15) is 65.7 Å². The van der Waals surface area contributed by atoms with Gasteiger partial charge in [-0.3, -0.25) is 9.59 Å². The normalized spacial score (nSPS) is 12.0. The van der Waals surface area contributed by atoms with Gasteiger partial charge in [0.2, 0.25) is 5.91 Å². The lowest BCUT2D eigenvalue weighted by Gasteiger charge is -2.25. The smallest absolute Gasteiger partial charge is 0.310 e. The second-order valence-electron chi connectivity index (χ2n) is 5.43. The highest BCUT2D eigenvalue weighted by Crippen LogP contribution is 2.09. The van der Waals surface area contributed by atoms with Crippen LogP contribution >= 0.6 is 0 Å². The van der Waals surface area contributed by atoms with Crippen molar-refractivity contribution in [3.8, 4) is 0 Å². The van der Waals surface area contributed by atoms with Crippen LogP contribution in [0, 0.1) is 5.92 Å². The van der Waals surface area contributed by atoms with Gasteiger partial charge in [-0.15, -0.1) is 0 Å². The average molecular weight is 285 g/mol. The van der Waals surface area contributed by atoms with Crippen LogP contribution in [0.15, 0.2) is 0 Å². The Bertz CT molecular complexity index is 279. The number of esters is 1. The number of methoxy groups -OCH3 is 1. The molecule has 0 radical (unpaired) electrons. The van der Waals surface area contributed by atoms with Gasteiger partial charge in [-0.25, -0.2) is 0 Å². The van der Waals surface area contributed by atoms with Crippen LogP contribution < -0.4 is 0 Å². The van der Waals surface area contributed by atoms with Gasteiger partial charge in [0.15, 0.2) is 0 Å². The fraction of sp³-hybridized carbons (Fsp3) is 0.875. The number of amides is 1. The molecule has 0 aromatic heterocycles. The first kappa shape index (κ1) is 18.9. The molecule has 0 spiro atoms. The zero-order valence-electron chi connectivity index (χ0n) is 13.6. The van der Waals surface area contributed by atoms with Crippen molar-refractivity contribution < 1.29 is 14.3 Å². The van der Waals surface area contributed by atoms with Crippen LogP contribution in [-0.4, -0.2) is 37.0 Å². The van der Waals surface area contributed by atoms with Crippen molar-refractivity contribution >= 4 is 11.9 Å². The van der Waals surface area contributed by atoms with Gasteiger partial charge in [-0.2, -0.15) is 0 Å². The molecule has 4 nitrogen and oxygen atoms in total. The van der Waals surface area contributed by atoms with Gasteiger partial charge in [0, 0.05) is 19.5 Å². The van der Waals surface area contributed by atoms with Gasteiger partial charge in [-0.05, 0) is 12.8 Å². The molecular weight excluding hydrogens is 254 g/mol. The Hall–Kier alpha value is -1.06. The monoisotopic (exact) mass is 285 g/mol. The summed E-state index contributed by atoms with van der Waals surface area (Å²) in [6.45, 7) is 7.29. The quantitative estimate of drug-likeness (QED) is 0.432. The van der Waals surface area contributed by atoms with Crippen molar-refractivity contribution in [3.05, 3.63) is 0 Å². The molecule has 0 fully saturated rings. The van der Waals surface area contributed by atoms with Crippen LogP contribution in [0.2, 0.25) is 0 Å². The topological polar surface area (TPSA) is 46.6 Å². The molecule has 0 aromatic rings. The first-order chi connectivity index (χ1) is 9.56. The van der Waals surface area contributed by atoms with Crippen LogP contribution in [0.5, 0.6) is 0 Å². The Morgan fingerprint density at radius 3 is 2.25 bits per heavy atom. The molecule has 20 heavy (non-hydrogen) atoms. The van der Waals surface area contributed by atoms with Gasteiger partial charge in [-0.1, -0.05) is 46.5 Å². The molecule has 0 rings (SSSR count). The lowest BCUT2D eigenvalue weighted by atomic mass is 10.1. The molecule has 1 atom stereocenters. The third kappa shape index (κ3) is 8.18. The predicted molar refractivity (Wildman–Crippen MR) is 81.4 cm³/mol. The maximum absolute atomic E-state index is 12.2. The fourth-order valence-electron chi connectivity index (χ4n) is 2.14. The summed E-state index contributed by atoms with van der Waals surface area (Å²) in [7, 11) is 1.39. The highest BCUT2D eigenvalue weighted by molar-refractivity contribution is 5.77. The Morgan fingerprint density at radius 1 is 1.05 bits per heavy atom. The van der Waals surface area contributed by atoms with Gasteiger partial charge < -0.3 is 9.64 Å². The molecule has 0 saturated carbocycles. The second kappa shape index (κ2) is 11.7. The number of carbonyl (C=O) groups is 2. The summed E-state index contributed by atoms with van der Waals surface area (Å²) in [4.78, 5) is 25.5. The summed E-state index contributed by atoms with van der Waals surface area (Å²) in [6, 6.07) is 0.